The van der Waals surface area contributed by atoms with Gasteiger partial charge in [0.2, 0.25) is 0 Å². The third-order valence-electron chi connectivity index (χ3n) is 2.15. The summed E-state index contributed by atoms with van der Waals surface area (Å²) in [5.74, 6) is 0.154. The average Bonchev–Trinajstić information content (AvgIpc) is 2.30. The summed E-state index contributed by atoms with van der Waals surface area (Å²) >= 11 is 0. The first-order chi connectivity index (χ1) is 5.86. The average molecular weight is 166 g/mol. The van der Waals surface area contributed by atoms with E-state index in [4.69, 9.17) is 10.1 Å². The van der Waals surface area contributed by atoms with Crippen molar-refractivity contribution in [3.63, 3.8) is 0 Å². The van der Waals surface area contributed by atoms with Gasteiger partial charge >= 0.3 is 0 Å². The Hall–Kier alpha value is -1.04. The molecule has 3 nitrogen and oxygen atoms in total. The van der Waals surface area contributed by atoms with Crippen LogP contribution in [0.2, 0.25) is 0 Å². The fourth-order valence-electron chi connectivity index (χ4n) is 1.53. The Morgan fingerprint density at radius 1 is 1.58 bits per heavy atom. The third kappa shape index (κ3) is 2.54. The molecule has 1 atom stereocenters. The standard InChI is InChI=1S/C9H14N2O/c1-12-11-9-5-3-2-4-8(6-9)7-10/h8H,2-6H2,1H3/b11-9+. The Bertz CT molecular complexity index is 205. The van der Waals surface area contributed by atoms with Gasteiger partial charge in [0.1, 0.15) is 7.11 Å². The quantitative estimate of drug-likeness (QED) is 0.442. The molecule has 1 saturated carbocycles. The zero-order chi connectivity index (χ0) is 8.81. The van der Waals surface area contributed by atoms with Gasteiger partial charge in [-0.2, -0.15) is 5.26 Å². The molecule has 1 aliphatic rings. The van der Waals surface area contributed by atoms with Crippen molar-refractivity contribution >= 4 is 5.71 Å². The highest BCUT2D eigenvalue weighted by atomic mass is 16.6. The number of oxime groups is 1. The van der Waals surface area contributed by atoms with Crippen molar-refractivity contribution in [2.75, 3.05) is 7.11 Å². The molecule has 0 saturated heterocycles. The number of nitrogens with zero attached hydrogens (tertiary/aromatic N) is 2. The number of hydrogen-bond acceptors (Lipinski definition) is 3. The highest BCUT2D eigenvalue weighted by molar-refractivity contribution is 5.84. The van der Waals surface area contributed by atoms with Crippen LogP contribution in [0.4, 0.5) is 0 Å². The summed E-state index contributed by atoms with van der Waals surface area (Å²) in [4.78, 5) is 4.71. The molecule has 12 heavy (non-hydrogen) atoms. The zero-order valence-corrected chi connectivity index (χ0v) is 7.42. The zero-order valence-electron chi connectivity index (χ0n) is 7.42. The molecular formula is C9H14N2O. The van der Waals surface area contributed by atoms with Gasteiger partial charge in [-0.3, -0.25) is 0 Å². The highest BCUT2D eigenvalue weighted by Gasteiger charge is 2.15. The molecule has 3 heteroatoms. The van der Waals surface area contributed by atoms with Crippen molar-refractivity contribution in [3.05, 3.63) is 0 Å². The second kappa shape index (κ2) is 4.76. The van der Waals surface area contributed by atoms with E-state index in [1.165, 1.54) is 0 Å². The molecule has 0 aliphatic heterocycles. The van der Waals surface area contributed by atoms with Crippen LogP contribution in [0, 0.1) is 17.2 Å². The normalized spacial score (nSPS) is 27.7. The minimum Gasteiger partial charge on any atom is -0.399 e. The van der Waals surface area contributed by atoms with Gasteiger partial charge in [-0.15, -0.1) is 0 Å². The van der Waals surface area contributed by atoms with E-state index in [9.17, 15) is 0 Å². The first kappa shape index (κ1) is 9.05. The highest BCUT2D eigenvalue weighted by Crippen LogP contribution is 2.20. The molecule has 0 radical (unpaired) electrons. The predicted octanol–water partition coefficient (Wildman–Crippen LogP) is 2.09. The molecule has 0 heterocycles. The van der Waals surface area contributed by atoms with Crippen LogP contribution in [0.15, 0.2) is 5.16 Å². The van der Waals surface area contributed by atoms with Crippen molar-refractivity contribution in [2.24, 2.45) is 11.1 Å². The van der Waals surface area contributed by atoms with Crippen LogP contribution in [-0.2, 0) is 4.84 Å². The molecule has 1 aliphatic carbocycles. The number of rotatable bonds is 1. The first-order valence-corrected chi connectivity index (χ1v) is 4.35. The summed E-state index contributed by atoms with van der Waals surface area (Å²) in [7, 11) is 1.55. The van der Waals surface area contributed by atoms with E-state index < -0.39 is 0 Å². The van der Waals surface area contributed by atoms with Gasteiger partial charge in [0.15, 0.2) is 0 Å². The van der Waals surface area contributed by atoms with E-state index >= 15 is 0 Å². The molecule has 0 aromatic heterocycles. The van der Waals surface area contributed by atoms with Crippen molar-refractivity contribution in [3.8, 4) is 6.07 Å². The Morgan fingerprint density at radius 2 is 2.42 bits per heavy atom. The fourth-order valence-corrected chi connectivity index (χ4v) is 1.53. The van der Waals surface area contributed by atoms with E-state index in [0.717, 1.165) is 37.8 Å². The molecule has 1 rings (SSSR count). The Balaban J connectivity index is 2.54. The molecular weight excluding hydrogens is 152 g/mol. The molecule has 0 amide bonds. The van der Waals surface area contributed by atoms with Crippen molar-refractivity contribution < 1.29 is 4.84 Å². The van der Waals surface area contributed by atoms with E-state index in [2.05, 4.69) is 11.2 Å². The van der Waals surface area contributed by atoms with Gasteiger partial charge in [0, 0.05) is 6.42 Å². The lowest BCUT2D eigenvalue weighted by atomic mass is 10.0. The summed E-state index contributed by atoms with van der Waals surface area (Å²) in [5.41, 5.74) is 1.04. The summed E-state index contributed by atoms with van der Waals surface area (Å²) in [6.07, 6.45) is 5.08. The second-order valence-corrected chi connectivity index (χ2v) is 3.12. The lowest BCUT2D eigenvalue weighted by Gasteiger charge is -2.03. The molecule has 1 fully saturated rings. The molecule has 0 aromatic rings. The Labute approximate surface area is 73.0 Å². The molecule has 66 valence electrons. The van der Waals surface area contributed by atoms with E-state index in [-0.39, 0.29) is 5.92 Å². The lowest BCUT2D eigenvalue weighted by molar-refractivity contribution is 0.211. The maximum atomic E-state index is 8.76. The summed E-state index contributed by atoms with van der Waals surface area (Å²) in [6.45, 7) is 0. The van der Waals surface area contributed by atoms with Crippen LogP contribution < -0.4 is 0 Å². The molecule has 0 N–H and O–H groups in total. The minimum atomic E-state index is 0.154. The molecule has 0 aromatic carbocycles. The SMILES string of the molecule is CO/N=C1\CCCCC(C#N)C1. The Morgan fingerprint density at radius 3 is 3.08 bits per heavy atom. The van der Waals surface area contributed by atoms with Crippen molar-refractivity contribution in [1.82, 2.24) is 0 Å². The molecule has 0 bridgehead atoms. The maximum absolute atomic E-state index is 8.76. The van der Waals surface area contributed by atoms with Crippen LogP contribution in [0.3, 0.4) is 0 Å². The largest absolute Gasteiger partial charge is 0.399 e. The van der Waals surface area contributed by atoms with Crippen molar-refractivity contribution in [1.29, 1.82) is 5.26 Å². The second-order valence-electron chi connectivity index (χ2n) is 3.12. The van der Waals surface area contributed by atoms with Gasteiger partial charge in [0.25, 0.3) is 0 Å². The van der Waals surface area contributed by atoms with Crippen LogP contribution in [-0.4, -0.2) is 12.8 Å². The van der Waals surface area contributed by atoms with Gasteiger partial charge in [0.05, 0.1) is 17.7 Å². The van der Waals surface area contributed by atoms with E-state index in [0.29, 0.717) is 0 Å². The van der Waals surface area contributed by atoms with Gasteiger partial charge in [-0.05, 0) is 19.3 Å². The molecule has 1 unspecified atom stereocenters. The van der Waals surface area contributed by atoms with E-state index in [1.54, 1.807) is 7.11 Å². The summed E-state index contributed by atoms with van der Waals surface area (Å²) in [6, 6.07) is 2.30. The topological polar surface area (TPSA) is 45.4 Å². The van der Waals surface area contributed by atoms with Crippen molar-refractivity contribution in [2.45, 2.75) is 32.1 Å². The van der Waals surface area contributed by atoms with Gasteiger partial charge in [-0.1, -0.05) is 11.6 Å². The lowest BCUT2D eigenvalue weighted by Crippen LogP contribution is -2.03. The smallest absolute Gasteiger partial charge is 0.106 e. The van der Waals surface area contributed by atoms with Crippen LogP contribution in [0.5, 0.6) is 0 Å². The summed E-state index contributed by atoms with van der Waals surface area (Å²) < 4.78 is 0. The number of nitriles is 1. The van der Waals surface area contributed by atoms with Gasteiger partial charge < -0.3 is 4.84 Å². The molecule has 0 spiro atoms. The fraction of sp³-hybridized carbons (Fsp3) is 0.778. The Kier molecular flexibility index (Phi) is 3.59. The monoisotopic (exact) mass is 166 g/mol. The minimum absolute atomic E-state index is 0.154. The van der Waals surface area contributed by atoms with Crippen LogP contribution in [0.25, 0.3) is 0 Å². The first-order valence-electron chi connectivity index (χ1n) is 4.35. The summed E-state index contributed by atoms with van der Waals surface area (Å²) in [5, 5.41) is 12.7. The van der Waals surface area contributed by atoms with Gasteiger partial charge in [-0.25, -0.2) is 0 Å². The van der Waals surface area contributed by atoms with Crippen LogP contribution in [0.1, 0.15) is 32.1 Å². The third-order valence-corrected chi connectivity index (χ3v) is 2.15. The van der Waals surface area contributed by atoms with E-state index in [1.807, 2.05) is 0 Å². The van der Waals surface area contributed by atoms with Crippen LogP contribution >= 0.6 is 0 Å². The maximum Gasteiger partial charge on any atom is 0.106 e. The predicted molar refractivity (Wildman–Crippen MR) is 46.6 cm³/mol. The number of hydrogen-bond donors (Lipinski definition) is 0.